The van der Waals surface area contributed by atoms with Crippen LogP contribution in [0.4, 0.5) is 0 Å². The number of nitrogens with two attached hydrogens (primary N) is 1. The zero-order valence-corrected chi connectivity index (χ0v) is 13.3. The van der Waals surface area contributed by atoms with E-state index in [0.29, 0.717) is 13.0 Å². The molecule has 21 heavy (non-hydrogen) atoms. The third-order valence-electron chi connectivity index (χ3n) is 3.37. The number of aromatic nitrogens is 2. The third kappa shape index (κ3) is 4.23. The Morgan fingerprint density at radius 2 is 2.14 bits per heavy atom. The maximum Gasteiger partial charge on any atom is 0.274 e. The molecule has 1 aromatic rings. The summed E-state index contributed by atoms with van der Waals surface area (Å²) in [4.78, 5) is 0.144. The fourth-order valence-electron chi connectivity index (χ4n) is 2.33. The van der Waals surface area contributed by atoms with Gasteiger partial charge in [0.25, 0.3) is 10.2 Å². The van der Waals surface area contributed by atoms with Gasteiger partial charge in [0.1, 0.15) is 4.90 Å². The highest BCUT2D eigenvalue weighted by Crippen LogP contribution is 2.23. The van der Waals surface area contributed by atoms with Crippen LogP contribution < -0.4 is 9.86 Å². The molecule has 0 spiro atoms. The van der Waals surface area contributed by atoms with Crippen LogP contribution in [0, 0.1) is 5.92 Å². The molecule has 1 saturated heterocycles. The Labute approximate surface area is 124 Å². The maximum absolute atomic E-state index is 12.5. The van der Waals surface area contributed by atoms with Gasteiger partial charge in [-0.05, 0) is 18.8 Å². The minimum atomic E-state index is -3.76. The van der Waals surface area contributed by atoms with Gasteiger partial charge in [0.15, 0.2) is 0 Å². The Kier molecular flexibility index (Phi) is 4.68. The quantitative estimate of drug-likeness (QED) is 0.684. The molecule has 0 bridgehead atoms. The summed E-state index contributed by atoms with van der Waals surface area (Å²) in [5.41, 5.74) is 0. The summed E-state index contributed by atoms with van der Waals surface area (Å²) in [6.45, 7) is 0.820. The summed E-state index contributed by atoms with van der Waals surface area (Å²) in [7, 11) is -5.70. The molecule has 2 rings (SSSR count). The number of hydrogen-bond donors (Lipinski definition) is 2. The molecule has 0 saturated carbocycles. The van der Waals surface area contributed by atoms with E-state index in [1.807, 2.05) is 0 Å². The summed E-state index contributed by atoms with van der Waals surface area (Å²) in [5, 5.41) is 8.75. The predicted octanol–water partition coefficient (Wildman–Crippen LogP) is -1.39. The predicted molar refractivity (Wildman–Crippen MR) is 75.8 cm³/mol. The maximum atomic E-state index is 12.5. The first kappa shape index (κ1) is 16.4. The molecule has 1 aliphatic rings. The van der Waals surface area contributed by atoms with Crippen molar-refractivity contribution in [3.8, 4) is 0 Å². The highest BCUT2D eigenvalue weighted by molar-refractivity contribution is 7.89. The molecule has 1 aliphatic heterocycles. The molecule has 11 heteroatoms. The van der Waals surface area contributed by atoms with Crippen molar-refractivity contribution < 1.29 is 16.8 Å². The van der Waals surface area contributed by atoms with Crippen LogP contribution in [0.1, 0.15) is 12.8 Å². The molecule has 1 unspecified atom stereocenters. The molecule has 120 valence electrons. The van der Waals surface area contributed by atoms with Gasteiger partial charge in [0.05, 0.1) is 6.20 Å². The topological polar surface area (TPSA) is 127 Å². The van der Waals surface area contributed by atoms with E-state index in [-0.39, 0.29) is 23.9 Å². The molecule has 1 aromatic heterocycles. The molecule has 2 heterocycles. The Morgan fingerprint density at radius 3 is 2.71 bits per heavy atom. The van der Waals surface area contributed by atoms with E-state index in [4.69, 9.17) is 5.14 Å². The van der Waals surface area contributed by atoms with Crippen LogP contribution in [-0.4, -0.2) is 50.6 Å². The fourth-order valence-corrected chi connectivity index (χ4v) is 4.34. The van der Waals surface area contributed by atoms with Crippen molar-refractivity contribution in [1.29, 1.82) is 0 Å². The molecular weight excluding hydrogens is 318 g/mol. The third-order valence-corrected chi connectivity index (χ3v) is 5.76. The zero-order chi connectivity index (χ0) is 15.7. The fraction of sp³-hybridized carbons (Fsp3) is 0.700. The lowest BCUT2D eigenvalue weighted by atomic mass is 10.0. The average molecular weight is 337 g/mol. The molecule has 3 N–H and O–H groups in total. The van der Waals surface area contributed by atoms with Gasteiger partial charge < -0.3 is 0 Å². The molecule has 9 nitrogen and oxygen atoms in total. The van der Waals surface area contributed by atoms with Gasteiger partial charge in [-0.3, -0.25) is 4.68 Å². The van der Waals surface area contributed by atoms with E-state index in [9.17, 15) is 16.8 Å². The minimum absolute atomic E-state index is 0.0940. The number of nitrogens with one attached hydrogen (secondary N) is 1. The normalized spacial score (nSPS) is 21.5. The SMILES string of the molecule is Cn1cc(S(=O)(=O)N2CCCC(CNS(N)(=O)=O)C2)cn1. The first-order valence-corrected chi connectivity index (χ1v) is 9.43. The lowest BCUT2D eigenvalue weighted by Gasteiger charge is -2.31. The largest absolute Gasteiger partial charge is 0.274 e. The summed E-state index contributed by atoms with van der Waals surface area (Å²) in [6, 6.07) is 0. The summed E-state index contributed by atoms with van der Waals surface area (Å²) in [5.74, 6) is -0.0940. The van der Waals surface area contributed by atoms with Crippen LogP contribution in [0.2, 0.25) is 0 Å². The first-order valence-electron chi connectivity index (χ1n) is 6.44. The Morgan fingerprint density at radius 1 is 1.43 bits per heavy atom. The van der Waals surface area contributed by atoms with Crippen LogP contribution >= 0.6 is 0 Å². The van der Waals surface area contributed by atoms with Crippen molar-refractivity contribution in [2.45, 2.75) is 17.7 Å². The second-order valence-electron chi connectivity index (χ2n) is 5.11. The summed E-state index contributed by atoms with van der Waals surface area (Å²) >= 11 is 0. The molecular formula is C10H19N5O4S2. The second kappa shape index (κ2) is 6.01. The molecule has 1 fully saturated rings. The van der Waals surface area contributed by atoms with Gasteiger partial charge in [-0.1, -0.05) is 0 Å². The number of nitrogens with zero attached hydrogens (tertiary/aromatic N) is 3. The van der Waals surface area contributed by atoms with Gasteiger partial charge in [-0.2, -0.15) is 17.8 Å². The lowest BCUT2D eigenvalue weighted by molar-refractivity contribution is 0.267. The van der Waals surface area contributed by atoms with Crippen molar-refractivity contribution >= 4 is 20.2 Å². The van der Waals surface area contributed by atoms with Gasteiger partial charge in [0, 0.05) is 32.9 Å². The van der Waals surface area contributed by atoms with E-state index < -0.39 is 20.2 Å². The van der Waals surface area contributed by atoms with Crippen molar-refractivity contribution in [2.75, 3.05) is 19.6 Å². The molecule has 0 amide bonds. The van der Waals surface area contributed by atoms with Crippen LogP contribution in [0.25, 0.3) is 0 Å². The number of piperidine rings is 1. The number of sulfonamides is 1. The van der Waals surface area contributed by atoms with Gasteiger partial charge in [0.2, 0.25) is 10.0 Å². The Hall–Kier alpha value is -1.01. The van der Waals surface area contributed by atoms with Gasteiger partial charge in [-0.25, -0.2) is 18.3 Å². The van der Waals surface area contributed by atoms with E-state index in [0.717, 1.165) is 6.42 Å². The Balaban J connectivity index is 2.07. The smallest absolute Gasteiger partial charge is 0.274 e. The summed E-state index contributed by atoms with van der Waals surface area (Å²) < 4.78 is 51.7. The van der Waals surface area contributed by atoms with Crippen LogP contribution in [0.5, 0.6) is 0 Å². The number of rotatable bonds is 5. The zero-order valence-electron chi connectivity index (χ0n) is 11.6. The van der Waals surface area contributed by atoms with Crippen molar-refractivity contribution in [2.24, 2.45) is 18.1 Å². The second-order valence-corrected chi connectivity index (χ2v) is 8.43. The number of aryl methyl sites for hydroxylation is 1. The van der Waals surface area contributed by atoms with Crippen molar-refractivity contribution in [3.63, 3.8) is 0 Å². The molecule has 0 radical (unpaired) electrons. The van der Waals surface area contributed by atoms with Crippen molar-refractivity contribution in [1.82, 2.24) is 18.8 Å². The number of hydrogen-bond acceptors (Lipinski definition) is 5. The average Bonchev–Trinajstić information content (AvgIpc) is 2.83. The molecule has 1 atom stereocenters. The van der Waals surface area contributed by atoms with Crippen LogP contribution in [0.15, 0.2) is 17.3 Å². The molecule has 0 aliphatic carbocycles. The lowest BCUT2D eigenvalue weighted by Crippen LogP contribution is -2.44. The molecule has 0 aromatic carbocycles. The highest BCUT2D eigenvalue weighted by atomic mass is 32.2. The van der Waals surface area contributed by atoms with Gasteiger partial charge >= 0.3 is 0 Å². The van der Waals surface area contributed by atoms with Crippen LogP contribution in [0.3, 0.4) is 0 Å². The first-order chi connectivity index (χ1) is 9.68. The van der Waals surface area contributed by atoms with Gasteiger partial charge in [-0.15, -0.1) is 0 Å². The standard InChI is InChI=1S/C10H19N5O4S2/c1-14-8-10(6-12-14)20(16,17)15-4-2-3-9(7-15)5-13-21(11,18)19/h6,8-9,13H,2-5,7H2,1H3,(H2,11,18,19). The minimum Gasteiger partial charge on any atom is -0.274 e. The Bertz CT molecular complexity index is 697. The van der Waals surface area contributed by atoms with E-state index in [1.54, 1.807) is 7.05 Å². The highest BCUT2D eigenvalue weighted by Gasteiger charge is 2.31. The summed E-state index contributed by atoms with van der Waals surface area (Å²) in [6.07, 6.45) is 4.18. The van der Waals surface area contributed by atoms with E-state index >= 15 is 0 Å². The van der Waals surface area contributed by atoms with E-state index in [1.165, 1.54) is 21.4 Å². The van der Waals surface area contributed by atoms with E-state index in [2.05, 4.69) is 9.82 Å². The monoisotopic (exact) mass is 337 g/mol. The van der Waals surface area contributed by atoms with Crippen molar-refractivity contribution in [3.05, 3.63) is 12.4 Å². The van der Waals surface area contributed by atoms with Crippen LogP contribution in [-0.2, 0) is 27.3 Å².